The van der Waals surface area contributed by atoms with E-state index in [9.17, 15) is 13.2 Å². The molecule has 4 heterocycles. The molecule has 1 aromatic heterocycles. The molecule has 0 unspecified atom stereocenters. The van der Waals surface area contributed by atoms with Gasteiger partial charge in [0.1, 0.15) is 0 Å². The standard InChI is InChI=1S/C20H22N2O4S2/c23-19-4-1-14-13-15(2-3-17(14)21-19)28(24,25)22-9-7-20(8-10-22)16-6-12-27-18(16)5-11-26-20/h2-3,6,12-13H,1,4-5,7-11H2,(H,21,23). The summed E-state index contributed by atoms with van der Waals surface area (Å²) in [6, 6.07) is 7.15. The van der Waals surface area contributed by atoms with Crippen LogP contribution in [0.3, 0.4) is 0 Å². The molecule has 1 N–H and O–H groups in total. The van der Waals surface area contributed by atoms with Crippen molar-refractivity contribution in [2.75, 3.05) is 25.0 Å². The maximum atomic E-state index is 13.2. The number of sulfonamides is 1. The summed E-state index contributed by atoms with van der Waals surface area (Å²) in [4.78, 5) is 13.2. The smallest absolute Gasteiger partial charge is 0.243 e. The summed E-state index contributed by atoms with van der Waals surface area (Å²) in [6.07, 6.45) is 3.27. The molecule has 6 nitrogen and oxygen atoms in total. The number of fused-ring (bicyclic) bond motifs is 3. The number of nitrogens with zero attached hydrogens (tertiary/aromatic N) is 1. The fraction of sp³-hybridized carbons (Fsp3) is 0.450. The zero-order chi connectivity index (χ0) is 19.4. The van der Waals surface area contributed by atoms with E-state index in [4.69, 9.17) is 4.74 Å². The molecule has 0 bridgehead atoms. The van der Waals surface area contributed by atoms with Crippen LogP contribution in [0.2, 0.25) is 0 Å². The number of carbonyl (C=O) groups excluding carboxylic acids is 1. The van der Waals surface area contributed by atoms with Crippen molar-refractivity contribution in [2.45, 2.75) is 42.6 Å². The number of hydrogen-bond acceptors (Lipinski definition) is 5. The molecule has 5 rings (SSSR count). The molecule has 0 aliphatic carbocycles. The highest BCUT2D eigenvalue weighted by atomic mass is 32.2. The lowest BCUT2D eigenvalue weighted by Gasteiger charge is -2.43. The van der Waals surface area contributed by atoms with Crippen LogP contribution in [0.1, 0.15) is 35.3 Å². The van der Waals surface area contributed by atoms with Gasteiger partial charge >= 0.3 is 0 Å². The van der Waals surface area contributed by atoms with Crippen LogP contribution in [-0.4, -0.2) is 38.3 Å². The second kappa shape index (κ2) is 6.66. The van der Waals surface area contributed by atoms with Crippen LogP contribution in [0.4, 0.5) is 5.69 Å². The average Bonchev–Trinajstić information content (AvgIpc) is 3.18. The summed E-state index contributed by atoms with van der Waals surface area (Å²) < 4.78 is 34.2. The number of piperidine rings is 1. The first-order valence-electron chi connectivity index (χ1n) is 9.62. The molecule has 148 valence electrons. The molecule has 1 saturated heterocycles. The maximum Gasteiger partial charge on any atom is 0.243 e. The number of anilines is 1. The van der Waals surface area contributed by atoms with Crippen molar-refractivity contribution in [3.8, 4) is 0 Å². The van der Waals surface area contributed by atoms with Crippen molar-refractivity contribution in [1.82, 2.24) is 4.31 Å². The molecular formula is C20H22N2O4S2. The Morgan fingerprint density at radius 1 is 1.11 bits per heavy atom. The van der Waals surface area contributed by atoms with Crippen LogP contribution in [0.15, 0.2) is 34.5 Å². The topological polar surface area (TPSA) is 75.7 Å². The fourth-order valence-electron chi connectivity index (χ4n) is 4.53. The van der Waals surface area contributed by atoms with E-state index in [0.717, 1.165) is 12.0 Å². The Labute approximate surface area is 168 Å². The first-order valence-corrected chi connectivity index (χ1v) is 11.9. The van der Waals surface area contributed by atoms with Gasteiger partial charge in [-0.15, -0.1) is 11.3 Å². The SMILES string of the molecule is O=C1CCc2cc(S(=O)(=O)N3CCC4(CC3)OCCc3sccc34)ccc2N1. The van der Waals surface area contributed by atoms with Crippen LogP contribution < -0.4 is 5.32 Å². The van der Waals surface area contributed by atoms with Crippen molar-refractivity contribution in [3.63, 3.8) is 0 Å². The molecule has 1 aromatic carbocycles. The van der Waals surface area contributed by atoms with Crippen molar-refractivity contribution < 1.29 is 17.9 Å². The summed E-state index contributed by atoms with van der Waals surface area (Å²) in [5.74, 6) is -0.0234. The van der Waals surface area contributed by atoms with Crippen LogP contribution in [-0.2, 0) is 38.0 Å². The molecule has 28 heavy (non-hydrogen) atoms. The Balaban J connectivity index is 1.38. The molecule has 0 radical (unpaired) electrons. The van der Waals surface area contributed by atoms with E-state index in [1.165, 1.54) is 10.4 Å². The van der Waals surface area contributed by atoms with E-state index in [-0.39, 0.29) is 11.5 Å². The second-order valence-electron chi connectivity index (χ2n) is 7.62. The van der Waals surface area contributed by atoms with E-state index in [2.05, 4.69) is 16.8 Å². The minimum absolute atomic E-state index is 0.0234. The molecule has 1 spiro atoms. The zero-order valence-electron chi connectivity index (χ0n) is 15.4. The monoisotopic (exact) mass is 418 g/mol. The molecule has 3 aliphatic heterocycles. The highest BCUT2D eigenvalue weighted by molar-refractivity contribution is 7.89. The lowest BCUT2D eigenvalue weighted by molar-refractivity contribution is -0.116. The summed E-state index contributed by atoms with van der Waals surface area (Å²) in [5.41, 5.74) is 2.52. The molecule has 1 fully saturated rings. The van der Waals surface area contributed by atoms with Gasteiger partial charge < -0.3 is 10.1 Å². The number of carbonyl (C=O) groups is 1. The molecule has 0 atom stereocenters. The lowest BCUT2D eigenvalue weighted by atomic mass is 9.83. The molecule has 0 saturated carbocycles. The van der Waals surface area contributed by atoms with Gasteiger partial charge in [0.05, 0.1) is 17.1 Å². The minimum Gasteiger partial charge on any atom is -0.370 e. The largest absolute Gasteiger partial charge is 0.370 e. The number of aryl methyl sites for hydroxylation is 1. The molecule has 3 aliphatic rings. The van der Waals surface area contributed by atoms with Gasteiger partial charge in [0.15, 0.2) is 0 Å². The van der Waals surface area contributed by atoms with Crippen LogP contribution >= 0.6 is 11.3 Å². The number of nitrogens with one attached hydrogen (secondary N) is 1. The number of ether oxygens (including phenoxy) is 1. The van der Waals surface area contributed by atoms with Crippen LogP contribution in [0.25, 0.3) is 0 Å². The lowest BCUT2D eigenvalue weighted by Crippen LogP contribution is -2.48. The van der Waals surface area contributed by atoms with Gasteiger partial charge in [0, 0.05) is 36.5 Å². The van der Waals surface area contributed by atoms with Gasteiger partial charge in [0.2, 0.25) is 15.9 Å². The van der Waals surface area contributed by atoms with Gasteiger partial charge in [-0.05, 0) is 60.0 Å². The van der Waals surface area contributed by atoms with Crippen LogP contribution in [0.5, 0.6) is 0 Å². The van der Waals surface area contributed by atoms with Gasteiger partial charge in [-0.2, -0.15) is 4.31 Å². The van der Waals surface area contributed by atoms with Gasteiger partial charge in [-0.3, -0.25) is 4.79 Å². The number of rotatable bonds is 2. The Morgan fingerprint density at radius 3 is 2.75 bits per heavy atom. The highest BCUT2D eigenvalue weighted by Crippen LogP contribution is 2.44. The molecular weight excluding hydrogens is 396 g/mol. The third kappa shape index (κ3) is 2.90. The third-order valence-electron chi connectivity index (χ3n) is 6.08. The molecule has 8 heteroatoms. The van der Waals surface area contributed by atoms with Crippen molar-refractivity contribution in [1.29, 1.82) is 0 Å². The zero-order valence-corrected chi connectivity index (χ0v) is 17.1. The number of hydrogen-bond donors (Lipinski definition) is 1. The van der Waals surface area contributed by atoms with Crippen molar-refractivity contribution in [2.24, 2.45) is 0 Å². The van der Waals surface area contributed by atoms with E-state index in [0.29, 0.717) is 56.0 Å². The minimum atomic E-state index is -3.56. The summed E-state index contributed by atoms with van der Waals surface area (Å²) in [7, 11) is -3.56. The number of benzene rings is 1. The Morgan fingerprint density at radius 2 is 1.93 bits per heavy atom. The van der Waals surface area contributed by atoms with E-state index < -0.39 is 10.0 Å². The van der Waals surface area contributed by atoms with E-state index in [1.807, 2.05) is 0 Å². The van der Waals surface area contributed by atoms with E-state index >= 15 is 0 Å². The van der Waals surface area contributed by atoms with Crippen LogP contribution in [0, 0.1) is 0 Å². The van der Waals surface area contributed by atoms with Gasteiger partial charge in [0.25, 0.3) is 0 Å². The Hall–Kier alpha value is -1.74. The Bertz CT molecular complexity index is 1040. The fourth-order valence-corrected chi connectivity index (χ4v) is 6.97. The third-order valence-corrected chi connectivity index (χ3v) is 8.96. The number of thiophene rings is 1. The van der Waals surface area contributed by atoms with Gasteiger partial charge in [-0.1, -0.05) is 0 Å². The summed E-state index contributed by atoms with van der Waals surface area (Å²) in [5, 5.41) is 4.91. The first-order chi connectivity index (χ1) is 13.5. The molecule has 2 aromatic rings. The van der Waals surface area contributed by atoms with Crippen molar-refractivity contribution >= 4 is 33.0 Å². The summed E-state index contributed by atoms with van der Waals surface area (Å²) >= 11 is 1.77. The van der Waals surface area contributed by atoms with Crippen molar-refractivity contribution in [3.05, 3.63) is 45.6 Å². The second-order valence-corrected chi connectivity index (χ2v) is 10.6. The van der Waals surface area contributed by atoms with Gasteiger partial charge in [-0.25, -0.2) is 8.42 Å². The number of amides is 1. The summed E-state index contributed by atoms with van der Waals surface area (Å²) in [6.45, 7) is 1.60. The quantitative estimate of drug-likeness (QED) is 0.814. The van der Waals surface area contributed by atoms with E-state index in [1.54, 1.807) is 33.8 Å². The first kappa shape index (κ1) is 18.3. The molecule has 1 amide bonds. The average molecular weight is 419 g/mol. The highest BCUT2D eigenvalue weighted by Gasteiger charge is 2.43. The maximum absolute atomic E-state index is 13.2. The normalized spacial score (nSPS) is 21.8. The predicted molar refractivity (Wildman–Crippen MR) is 107 cm³/mol. The Kier molecular flexibility index (Phi) is 4.35. The predicted octanol–water partition coefficient (Wildman–Crippen LogP) is 2.89.